The number of nitrogens with zero attached hydrogens (tertiary/aromatic N) is 2. The van der Waals surface area contributed by atoms with E-state index >= 15 is 0 Å². The van der Waals surface area contributed by atoms with Crippen molar-refractivity contribution in [1.29, 1.82) is 0 Å². The summed E-state index contributed by atoms with van der Waals surface area (Å²) < 4.78 is 5.26. The Balaban J connectivity index is 1.30. The molecular formula is C23H32ClN5O4. The molecule has 0 aromatic heterocycles. The van der Waals surface area contributed by atoms with E-state index in [1.807, 2.05) is 4.90 Å². The summed E-state index contributed by atoms with van der Waals surface area (Å²) in [6.45, 7) is 2.46. The lowest BCUT2D eigenvalue weighted by molar-refractivity contribution is -0.133. The predicted octanol–water partition coefficient (Wildman–Crippen LogP) is 1.82. The van der Waals surface area contributed by atoms with Crippen molar-refractivity contribution < 1.29 is 19.1 Å². The molecule has 10 heteroatoms. The largest absolute Gasteiger partial charge is 0.383 e. The summed E-state index contributed by atoms with van der Waals surface area (Å²) in [6, 6.07) is 6.42. The zero-order valence-electron chi connectivity index (χ0n) is 18.9. The molecule has 3 fully saturated rings. The lowest BCUT2D eigenvalue weighted by Crippen LogP contribution is -2.58. The molecule has 0 bridgehead atoms. The third-order valence-electron chi connectivity index (χ3n) is 6.79. The molecule has 4 rings (SSSR count). The summed E-state index contributed by atoms with van der Waals surface area (Å²) in [4.78, 5) is 41.8. The maximum Gasteiger partial charge on any atom is 0.319 e. The number of fused-ring (bicyclic) bond motifs is 1. The molecule has 9 nitrogen and oxygen atoms in total. The van der Waals surface area contributed by atoms with E-state index in [4.69, 9.17) is 16.3 Å². The van der Waals surface area contributed by atoms with Crippen molar-refractivity contribution in [2.24, 2.45) is 0 Å². The molecule has 3 heterocycles. The van der Waals surface area contributed by atoms with Crippen LogP contribution in [-0.2, 0) is 14.3 Å². The lowest BCUT2D eigenvalue weighted by Gasteiger charge is -2.37. The number of piperazine rings is 1. The van der Waals surface area contributed by atoms with Gasteiger partial charge in [0.15, 0.2) is 0 Å². The number of benzene rings is 1. The Bertz CT molecular complexity index is 884. The fourth-order valence-corrected chi connectivity index (χ4v) is 5.42. The molecule has 3 aliphatic heterocycles. The van der Waals surface area contributed by atoms with Crippen LogP contribution in [0.1, 0.15) is 32.1 Å². The van der Waals surface area contributed by atoms with Crippen molar-refractivity contribution in [1.82, 2.24) is 20.4 Å². The summed E-state index contributed by atoms with van der Waals surface area (Å²) in [5.41, 5.74) is 0.610. The number of likely N-dealkylation sites (tertiary alicyclic amines) is 1. The van der Waals surface area contributed by atoms with Crippen molar-refractivity contribution in [3.63, 3.8) is 0 Å². The minimum Gasteiger partial charge on any atom is -0.383 e. The minimum atomic E-state index is -0.326. The molecule has 0 radical (unpaired) electrons. The van der Waals surface area contributed by atoms with Crippen LogP contribution in [0.4, 0.5) is 10.5 Å². The highest BCUT2D eigenvalue weighted by molar-refractivity contribution is 6.30. The third kappa shape index (κ3) is 5.77. The lowest BCUT2D eigenvalue weighted by atomic mass is 10.0. The van der Waals surface area contributed by atoms with E-state index in [2.05, 4.69) is 20.9 Å². The van der Waals surface area contributed by atoms with Gasteiger partial charge in [-0.2, -0.15) is 0 Å². The normalized spacial score (nSPS) is 27.2. The van der Waals surface area contributed by atoms with Gasteiger partial charge in [0.1, 0.15) is 0 Å². The van der Waals surface area contributed by atoms with Gasteiger partial charge in [0.25, 0.3) is 0 Å². The second-order valence-electron chi connectivity index (χ2n) is 9.03. The molecule has 3 N–H and O–H groups in total. The Morgan fingerprint density at radius 2 is 2.15 bits per heavy atom. The van der Waals surface area contributed by atoms with Crippen molar-refractivity contribution >= 4 is 35.1 Å². The van der Waals surface area contributed by atoms with Gasteiger partial charge >= 0.3 is 6.03 Å². The van der Waals surface area contributed by atoms with Crippen molar-refractivity contribution in [3.8, 4) is 0 Å². The molecule has 4 atom stereocenters. The van der Waals surface area contributed by atoms with E-state index in [9.17, 15) is 14.4 Å². The number of hydrogen-bond donors (Lipinski definition) is 3. The van der Waals surface area contributed by atoms with Crippen LogP contribution in [0, 0.1) is 0 Å². The molecule has 1 aromatic rings. The Morgan fingerprint density at radius 3 is 2.94 bits per heavy atom. The van der Waals surface area contributed by atoms with E-state index in [0.29, 0.717) is 49.7 Å². The summed E-state index contributed by atoms with van der Waals surface area (Å²) in [5, 5.41) is 9.28. The first-order chi connectivity index (χ1) is 15.9. The second-order valence-corrected chi connectivity index (χ2v) is 9.47. The first-order valence-corrected chi connectivity index (χ1v) is 12.0. The monoisotopic (exact) mass is 477 g/mol. The Labute approximate surface area is 199 Å². The summed E-state index contributed by atoms with van der Waals surface area (Å²) >= 11 is 5.97. The van der Waals surface area contributed by atoms with E-state index in [-0.39, 0.29) is 42.0 Å². The number of ether oxygens (including phenoxy) is 1. The van der Waals surface area contributed by atoms with Crippen LogP contribution in [0.5, 0.6) is 0 Å². The molecule has 33 heavy (non-hydrogen) atoms. The number of amides is 4. The first kappa shape index (κ1) is 23.8. The standard InChI is InChI=1S/C23H32ClN5O4/c1-33-14-19-6-3-9-28(19)21(30)8-7-18-12-25-22(31)20-11-17(13-29(18)20)27-23(32)26-16-5-2-4-15(24)10-16/h2,4-5,10,17-20H,3,6-9,11-14H2,1H3,(H,25,31)(H2,26,27,32)/t17-,18+,19+,20-/m0/s1. The average Bonchev–Trinajstić information content (AvgIpc) is 3.41. The number of halogens is 1. The van der Waals surface area contributed by atoms with Crippen LogP contribution in [0.25, 0.3) is 0 Å². The third-order valence-corrected chi connectivity index (χ3v) is 7.02. The van der Waals surface area contributed by atoms with Gasteiger partial charge in [0, 0.05) is 56.0 Å². The van der Waals surface area contributed by atoms with Gasteiger partial charge in [-0.05, 0) is 43.9 Å². The zero-order chi connectivity index (χ0) is 23.4. The molecule has 4 amide bonds. The van der Waals surface area contributed by atoms with E-state index < -0.39 is 0 Å². The molecular weight excluding hydrogens is 446 g/mol. The number of methoxy groups -OCH3 is 1. The first-order valence-electron chi connectivity index (χ1n) is 11.6. The predicted molar refractivity (Wildman–Crippen MR) is 125 cm³/mol. The van der Waals surface area contributed by atoms with Crippen LogP contribution in [0.3, 0.4) is 0 Å². The summed E-state index contributed by atoms with van der Waals surface area (Å²) in [6.07, 6.45) is 3.65. The molecule has 0 saturated carbocycles. The van der Waals surface area contributed by atoms with Crippen LogP contribution in [-0.4, -0.2) is 85.2 Å². The highest BCUT2D eigenvalue weighted by Gasteiger charge is 2.44. The van der Waals surface area contributed by atoms with Crippen LogP contribution >= 0.6 is 11.6 Å². The minimum absolute atomic E-state index is 0.0168. The molecule has 3 aliphatic rings. The van der Waals surface area contributed by atoms with E-state index in [1.54, 1.807) is 31.4 Å². The van der Waals surface area contributed by atoms with Gasteiger partial charge in [-0.3, -0.25) is 14.5 Å². The van der Waals surface area contributed by atoms with Crippen molar-refractivity contribution in [2.45, 2.75) is 56.3 Å². The average molecular weight is 478 g/mol. The Hall–Kier alpha value is -2.36. The van der Waals surface area contributed by atoms with Gasteiger partial charge in [-0.25, -0.2) is 4.79 Å². The Kier molecular flexibility index (Phi) is 7.72. The van der Waals surface area contributed by atoms with Crippen molar-refractivity contribution in [2.75, 3.05) is 38.7 Å². The van der Waals surface area contributed by atoms with Gasteiger partial charge in [-0.1, -0.05) is 17.7 Å². The number of rotatable bonds is 7. The van der Waals surface area contributed by atoms with Gasteiger partial charge in [-0.15, -0.1) is 0 Å². The number of urea groups is 1. The van der Waals surface area contributed by atoms with Gasteiger partial charge in [0.05, 0.1) is 18.7 Å². The Morgan fingerprint density at radius 1 is 1.30 bits per heavy atom. The second kappa shape index (κ2) is 10.7. The van der Waals surface area contributed by atoms with Crippen LogP contribution in [0.2, 0.25) is 5.02 Å². The number of anilines is 1. The molecule has 3 saturated heterocycles. The highest BCUT2D eigenvalue weighted by Crippen LogP contribution is 2.27. The SMILES string of the molecule is COC[C@H]1CCCN1C(=O)CC[C@@H]1CNC(=O)[C@@H]2C[C@H](NC(=O)Nc3cccc(Cl)c3)CN12. The zero-order valence-corrected chi connectivity index (χ0v) is 19.6. The fraction of sp³-hybridized carbons (Fsp3) is 0.609. The van der Waals surface area contributed by atoms with Gasteiger partial charge < -0.3 is 25.6 Å². The number of carbonyl (C=O) groups is 3. The van der Waals surface area contributed by atoms with Crippen LogP contribution < -0.4 is 16.0 Å². The topological polar surface area (TPSA) is 103 Å². The van der Waals surface area contributed by atoms with Gasteiger partial charge in [0.2, 0.25) is 11.8 Å². The number of nitrogens with one attached hydrogen (secondary N) is 3. The number of carbonyl (C=O) groups excluding carboxylic acids is 3. The summed E-state index contributed by atoms with van der Waals surface area (Å²) in [5.74, 6) is 0.134. The maximum atomic E-state index is 12.8. The fourth-order valence-electron chi connectivity index (χ4n) is 5.23. The molecule has 180 valence electrons. The highest BCUT2D eigenvalue weighted by atomic mass is 35.5. The van der Waals surface area contributed by atoms with Crippen LogP contribution in [0.15, 0.2) is 24.3 Å². The smallest absolute Gasteiger partial charge is 0.319 e. The molecule has 1 aromatic carbocycles. The van der Waals surface area contributed by atoms with E-state index in [1.165, 1.54) is 0 Å². The number of hydrogen-bond acceptors (Lipinski definition) is 5. The quantitative estimate of drug-likeness (QED) is 0.556. The molecule has 0 aliphatic carbocycles. The summed E-state index contributed by atoms with van der Waals surface area (Å²) in [7, 11) is 1.67. The van der Waals surface area contributed by atoms with Crippen molar-refractivity contribution in [3.05, 3.63) is 29.3 Å². The van der Waals surface area contributed by atoms with E-state index in [0.717, 1.165) is 19.4 Å². The molecule has 0 unspecified atom stereocenters. The molecule has 0 spiro atoms. The maximum absolute atomic E-state index is 12.8.